The molecule has 0 aliphatic carbocycles. The molecule has 2 aromatic carbocycles. The van der Waals surface area contributed by atoms with Gasteiger partial charge in [-0.3, -0.25) is 9.59 Å². The van der Waals surface area contributed by atoms with E-state index < -0.39 is 0 Å². The Balaban J connectivity index is 1.53. The van der Waals surface area contributed by atoms with Crippen LogP contribution < -0.4 is 5.32 Å². The fourth-order valence-corrected chi connectivity index (χ4v) is 4.93. The average molecular weight is 452 g/mol. The van der Waals surface area contributed by atoms with Crippen molar-refractivity contribution in [2.75, 3.05) is 19.6 Å². The van der Waals surface area contributed by atoms with Gasteiger partial charge in [-0.05, 0) is 42.5 Å². The summed E-state index contributed by atoms with van der Waals surface area (Å²) in [6, 6.07) is 16.0. The lowest BCUT2D eigenvalue weighted by atomic mass is 9.90. The first-order chi connectivity index (χ1) is 15.6. The van der Waals surface area contributed by atoms with Crippen LogP contribution in [0.2, 0.25) is 5.02 Å². The minimum absolute atomic E-state index is 0.0101. The van der Waals surface area contributed by atoms with Gasteiger partial charge < -0.3 is 15.2 Å². The van der Waals surface area contributed by atoms with E-state index in [1.807, 2.05) is 60.5 Å². The van der Waals surface area contributed by atoms with Gasteiger partial charge in [0.25, 0.3) is 0 Å². The zero-order chi connectivity index (χ0) is 22.5. The molecule has 1 aromatic heterocycles. The summed E-state index contributed by atoms with van der Waals surface area (Å²) in [4.78, 5) is 30.6. The Hall–Kier alpha value is -2.79. The number of hydrogen-bond acceptors (Lipinski definition) is 2. The molecule has 5 nitrogen and oxygen atoms in total. The Morgan fingerprint density at radius 3 is 2.75 bits per heavy atom. The number of benzene rings is 2. The molecule has 0 spiro atoms. The lowest BCUT2D eigenvalue weighted by Gasteiger charge is -2.32. The lowest BCUT2D eigenvalue weighted by Crippen LogP contribution is -2.46. The van der Waals surface area contributed by atoms with Crippen LogP contribution in [-0.4, -0.2) is 41.3 Å². The van der Waals surface area contributed by atoms with Gasteiger partial charge in [0.1, 0.15) is 0 Å². The fraction of sp³-hybridized carbons (Fsp3) is 0.385. The maximum atomic E-state index is 13.1. The van der Waals surface area contributed by atoms with Crippen LogP contribution in [0.5, 0.6) is 0 Å². The Labute approximate surface area is 194 Å². The third-order valence-corrected chi connectivity index (χ3v) is 6.71. The van der Waals surface area contributed by atoms with Gasteiger partial charge in [0.2, 0.25) is 11.8 Å². The van der Waals surface area contributed by atoms with Crippen molar-refractivity contribution in [1.29, 1.82) is 0 Å². The maximum Gasteiger partial charge on any atom is 0.224 e. The second kappa shape index (κ2) is 10.2. The molecule has 6 heteroatoms. The van der Waals surface area contributed by atoms with Crippen molar-refractivity contribution in [2.45, 2.75) is 38.5 Å². The molecule has 0 saturated carbocycles. The third kappa shape index (κ3) is 4.83. The Morgan fingerprint density at radius 2 is 1.94 bits per heavy atom. The molecule has 2 N–H and O–H groups in total. The number of fused-ring (bicyclic) bond motifs is 1. The van der Waals surface area contributed by atoms with Crippen LogP contribution in [0, 0.1) is 5.92 Å². The molecule has 1 aliphatic rings. The number of halogens is 1. The number of hydrogen-bond donors (Lipinski definition) is 2. The molecular formula is C26H30ClN3O2. The molecule has 4 rings (SSSR count). The molecular weight excluding hydrogens is 422 g/mol. The van der Waals surface area contributed by atoms with Crippen LogP contribution in [0.3, 0.4) is 0 Å². The molecule has 168 valence electrons. The number of likely N-dealkylation sites (tertiary alicyclic amines) is 1. The molecule has 0 radical (unpaired) electrons. The summed E-state index contributed by atoms with van der Waals surface area (Å²) in [7, 11) is 0. The van der Waals surface area contributed by atoms with E-state index in [-0.39, 0.29) is 23.7 Å². The molecule has 1 fully saturated rings. The Bertz CT molecular complexity index is 1090. The zero-order valence-electron chi connectivity index (χ0n) is 18.4. The number of piperidine rings is 1. The van der Waals surface area contributed by atoms with Crippen molar-refractivity contribution in [3.8, 4) is 0 Å². The summed E-state index contributed by atoms with van der Waals surface area (Å²) in [5, 5.41) is 4.98. The third-order valence-electron chi connectivity index (χ3n) is 6.37. The molecule has 2 atom stereocenters. The van der Waals surface area contributed by atoms with Crippen LogP contribution >= 0.6 is 11.6 Å². The number of carbonyl (C=O) groups excluding carboxylic acids is 2. The van der Waals surface area contributed by atoms with E-state index in [2.05, 4.69) is 16.4 Å². The van der Waals surface area contributed by atoms with Gasteiger partial charge in [0.05, 0.1) is 5.92 Å². The highest BCUT2D eigenvalue weighted by Crippen LogP contribution is 2.34. The summed E-state index contributed by atoms with van der Waals surface area (Å²) in [5.41, 5.74) is 3.16. The predicted octanol–water partition coefficient (Wildman–Crippen LogP) is 5.11. The second-order valence-electron chi connectivity index (χ2n) is 8.54. The molecule has 1 saturated heterocycles. The van der Waals surface area contributed by atoms with Crippen molar-refractivity contribution in [2.24, 2.45) is 5.92 Å². The number of amides is 2. The Morgan fingerprint density at radius 1 is 1.16 bits per heavy atom. The topological polar surface area (TPSA) is 65.2 Å². The summed E-state index contributed by atoms with van der Waals surface area (Å²) < 4.78 is 0. The first-order valence-electron chi connectivity index (χ1n) is 11.4. The summed E-state index contributed by atoms with van der Waals surface area (Å²) >= 11 is 6.57. The zero-order valence-corrected chi connectivity index (χ0v) is 19.2. The van der Waals surface area contributed by atoms with Gasteiger partial charge in [-0.15, -0.1) is 0 Å². The van der Waals surface area contributed by atoms with Crippen LogP contribution in [-0.2, 0) is 9.59 Å². The number of aromatic nitrogens is 1. The van der Waals surface area contributed by atoms with Crippen molar-refractivity contribution in [1.82, 2.24) is 15.2 Å². The smallest absolute Gasteiger partial charge is 0.224 e. The van der Waals surface area contributed by atoms with Gasteiger partial charge in [-0.25, -0.2) is 0 Å². The van der Waals surface area contributed by atoms with Crippen molar-refractivity contribution in [3.63, 3.8) is 0 Å². The number of rotatable bonds is 7. The highest BCUT2D eigenvalue weighted by Gasteiger charge is 2.29. The normalized spacial score (nSPS) is 17.3. The van der Waals surface area contributed by atoms with Gasteiger partial charge in [0, 0.05) is 54.1 Å². The van der Waals surface area contributed by atoms with E-state index in [0.29, 0.717) is 24.5 Å². The first-order valence-corrected chi connectivity index (χ1v) is 11.8. The standard InChI is InChI=1S/C26H30ClN3O2/c1-2-8-25(31)30-14-7-9-18(17-30)26(32)29-16-21(19-10-3-5-12-23(19)27)22-15-28-24-13-6-4-11-20(22)24/h3-6,10-13,15,18,21,28H,2,7-9,14,16-17H2,1H3,(H,29,32). The molecule has 2 heterocycles. The van der Waals surface area contributed by atoms with Gasteiger partial charge in [-0.1, -0.05) is 54.9 Å². The van der Waals surface area contributed by atoms with E-state index in [0.717, 1.165) is 47.8 Å². The van der Waals surface area contributed by atoms with Crippen LogP contribution in [0.25, 0.3) is 10.9 Å². The molecule has 1 aliphatic heterocycles. The lowest BCUT2D eigenvalue weighted by molar-refractivity contribution is -0.135. The minimum Gasteiger partial charge on any atom is -0.361 e. The maximum absolute atomic E-state index is 13.1. The van der Waals surface area contributed by atoms with Crippen molar-refractivity contribution >= 4 is 34.3 Å². The highest BCUT2D eigenvalue weighted by molar-refractivity contribution is 6.31. The number of para-hydroxylation sites is 1. The minimum atomic E-state index is -0.167. The highest BCUT2D eigenvalue weighted by atomic mass is 35.5. The van der Waals surface area contributed by atoms with Crippen LogP contribution in [0.1, 0.15) is 49.7 Å². The Kier molecular flexibility index (Phi) is 7.15. The second-order valence-corrected chi connectivity index (χ2v) is 8.94. The summed E-state index contributed by atoms with van der Waals surface area (Å²) in [5.74, 6) is -0.0849. The van der Waals surface area contributed by atoms with Gasteiger partial charge >= 0.3 is 0 Å². The van der Waals surface area contributed by atoms with Gasteiger partial charge in [0.15, 0.2) is 0 Å². The fourth-order valence-electron chi connectivity index (χ4n) is 4.66. The molecule has 0 bridgehead atoms. The van der Waals surface area contributed by atoms with Crippen LogP contribution in [0.4, 0.5) is 0 Å². The molecule has 2 unspecified atom stereocenters. The van der Waals surface area contributed by atoms with Crippen LogP contribution in [0.15, 0.2) is 54.7 Å². The SMILES string of the molecule is CCCC(=O)N1CCCC(C(=O)NCC(c2ccccc2Cl)c2c[nH]c3ccccc23)C1. The van der Waals surface area contributed by atoms with E-state index in [1.165, 1.54) is 0 Å². The number of carbonyl (C=O) groups is 2. The van der Waals surface area contributed by atoms with E-state index in [4.69, 9.17) is 11.6 Å². The number of nitrogens with zero attached hydrogens (tertiary/aromatic N) is 1. The van der Waals surface area contributed by atoms with Gasteiger partial charge in [-0.2, -0.15) is 0 Å². The monoisotopic (exact) mass is 451 g/mol. The van der Waals surface area contributed by atoms with Crippen molar-refractivity contribution in [3.05, 3.63) is 70.9 Å². The average Bonchev–Trinajstić information content (AvgIpc) is 3.24. The van der Waals surface area contributed by atoms with E-state index in [9.17, 15) is 9.59 Å². The first kappa shape index (κ1) is 22.4. The summed E-state index contributed by atoms with van der Waals surface area (Å²) in [6.45, 7) is 3.71. The number of H-pyrrole nitrogens is 1. The van der Waals surface area contributed by atoms with Crippen molar-refractivity contribution < 1.29 is 9.59 Å². The van der Waals surface area contributed by atoms with E-state index >= 15 is 0 Å². The predicted molar refractivity (Wildman–Crippen MR) is 129 cm³/mol. The number of nitrogens with one attached hydrogen (secondary N) is 2. The summed E-state index contributed by atoms with van der Waals surface area (Å²) in [6.07, 6.45) is 5.06. The molecule has 2 amide bonds. The largest absolute Gasteiger partial charge is 0.361 e. The molecule has 3 aromatic rings. The molecule has 32 heavy (non-hydrogen) atoms. The number of aromatic amines is 1. The van der Waals surface area contributed by atoms with E-state index in [1.54, 1.807) is 0 Å². The quantitative estimate of drug-likeness (QED) is 0.524.